The zero-order chi connectivity index (χ0) is 20.0. The van der Waals surface area contributed by atoms with E-state index in [4.69, 9.17) is 0 Å². The van der Waals surface area contributed by atoms with Gasteiger partial charge in [-0.3, -0.25) is 14.5 Å². The summed E-state index contributed by atoms with van der Waals surface area (Å²) in [7, 11) is 0. The van der Waals surface area contributed by atoms with Crippen LogP contribution in [0.1, 0.15) is 56.7 Å². The summed E-state index contributed by atoms with van der Waals surface area (Å²) in [6.07, 6.45) is 8.43. The largest absolute Gasteiger partial charge is 0.396 e. The number of aromatic nitrogens is 1. The van der Waals surface area contributed by atoms with Crippen LogP contribution in [0.5, 0.6) is 0 Å². The topological polar surface area (TPSA) is 65.8 Å². The molecule has 1 aromatic rings. The molecule has 0 unspecified atom stereocenters. The fraction of sp³-hybridized carbons (Fsp3) is 0.739. The van der Waals surface area contributed by atoms with Crippen molar-refractivity contribution in [2.75, 3.05) is 26.2 Å². The van der Waals surface area contributed by atoms with Crippen LogP contribution in [0.25, 0.3) is 0 Å². The number of likely N-dealkylation sites (tertiary alicyclic amines) is 1. The van der Waals surface area contributed by atoms with Crippen molar-refractivity contribution in [2.24, 2.45) is 17.8 Å². The van der Waals surface area contributed by atoms with E-state index in [0.29, 0.717) is 12.5 Å². The Bertz CT molecular complexity index is 810. The lowest BCUT2D eigenvalue weighted by atomic mass is 9.85. The maximum absolute atomic E-state index is 13.7. The number of amides is 1. The van der Waals surface area contributed by atoms with E-state index in [9.17, 15) is 14.7 Å². The van der Waals surface area contributed by atoms with Gasteiger partial charge in [0, 0.05) is 56.5 Å². The number of fused-ring (bicyclic) bond motifs is 4. The first-order chi connectivity index (χ1) is 14.2. The Morgan fingerprint density at radius 3 is 2.55 bits per heavy atom. The molecule has 4 aliphatic rings. The maximum atomic E-state index is 13.7. The van der Waals surface area contributed by atoms with Crippen molar-refractivity contribution in [1.29, 1.82) is 0 Å². The summed E-state index contributed by atoms with van der Waals surface area (Å²) in [6.45, 7) is 3.24. The highest BCUT2D eigenvalue weighted by molar-refractivity contribution is 5.81. The van der Waals surface area contributed by atoms with Crippen molar-refractivity contribution in [3.63, 3.8) is 0 Å². The molecular formula is C23H33N3O3. The second-order valence-electron chi connectivity index (χ2n) is 9.52. The van der Waals surface area contributed by atoms with Gasteiger partial charge < -0.3 is 14.6 Å². The van der Waals surface area contributed by atoms with Gasteiger partial charge in [0.15, 0.2) is 0 Å². The quantitative estimate of drug-likeness (QED) is 0.841. The number of carbonyl (C=O) groups is 1. The summed E-state index contributed by atoms with van der Waals surface area (Å²) in [6, 6.07) is 5.45. The molecule has 6 nitrogen and oxygen atoms in total. The van der Waals surface area contributed by atoms with E-state index in [1.165, 1.54) is 32.1 Å². The molecule has 3 aliphatic heterocycles. The van der Waals surface area contributed by atoms with E-state index >= 15 is 0 Å². The highest BCUT2D eigenvalue weighted by Crippen LogP contribution is 2.49. The number of hydrogen-bond acceptors (Lipinski definition) is 4. The van der Waals surface area contributed by atoms with Crippen LogP contribution in [0, 0.1) is 17.8 Å². The number of nitrogens with zero attached hydrogens (tertiary/aromatic N) is 3. The third-order valence-electron chi connectivity index (χ3n) is 7.94. The lowest BCUT2D eigenvalue weighted by Gasteiger charge is -2.40. The third-order valence-corrected chi connectivity index (χ3v) is 7.94. The molecule has 4 heterocycles. The molecule has 1 saturated carbocycles. The third kappa shape index (κ3) is 3.25. The summed E-state index contributed by atoms with van der Waals surface area (Å²) in [4.78, 5) is 30.8. The van der Waals surface area contributed by atoms with Crippen molar-refractivity contribution in [2.45, 2.75) is 63.6 Å². The van der Waals surface area contributed by atoms with Gasteiger partial charge in [0.2, 0.25) is 5.91 Å². The van der Waals surface area contributed by atoms with Crippen molar-refractivity contribution >= 4 is 5.91 Å². The molecule has 4 atom stereocenters. The summed E-state index contributed by atoms with van der Waals surface area (Å²) in [5.74, 6) is 0.512. The van der Waals surface area contributed by atoms with E-state index in [1.807, 2.05) is 21.6 Å². The fourth-order valence-corrected chi connectivity index (χ4v) is 6.52. The summed E-state index contributed by atoms with van der Waals surface area (Å²) in [5, 5.41) is 10.4. The van der Waals surface area contributed by atoms with Gasteiger partial charge in [0.1, 0.15) is 0 Å². The molecule has 158 valence electrons. The number of pyridine rings is 1. The van der Waals surface area contributed by atoms with Gasteiger partial charge in [-0.1, -0.05) is 18.9 Å². The van der Waals surface area contributed by atoms with Gasteiger partial charge >= 0.3 is 0 Å². The molecule has 1 amide bonds. The second-order valence-corrected chi connectivity index (χ2v) is 9.52. The van der Waals surface area contributed by atoms with Crippen molar-refractivity contribution in [3.05, 3.63) is 34.2 Å². The van der Waals surface area contributed by atoms with E-state index in [1.54, 1.807) is 6.07 Å². The Morgan fingerprint density at radius 1 is 1.07 bits per heavy atom. The van der Waals surface area contributed by atoms with Crippen molar-refractivity contribution in [3.8, 4) is 0 Å². The average molecular weight is 400 g/mol. The van der Waals surface area contributed by atoms with Crippen LogP contribution in [0.4, 0.5) is 0 Å². The summed E-state index contributed by atoms with van der Waals surface area (Å²) in [5.41, 5.74) is 0.985. The first-order valence-corrected chi connectivity index (χ1v) is 11.5. The lowest BCUT2D eigenvalue weighted by Crippen LogP contribution is -2.48. The lowest BCUT2D eigenvalue weighted by molar-refractivity contribution is -0.139. The number of hydrogen-bond donors (Lipinski definition) is 1. The monoisotopic (exact) mass is 399 g/mol. The van der Waals surface area contributed by atoms with Crippen LogP contribution in [-0.4, -0.2) is 57.7 Å². The van der Waals surface area contributed by atoms with E-state index in [0.717, 1.165) is 38.2 Å². The number of carbonyl (C=O) groups excluding carboxylic acids is 1. The standard InChI is InChI=1S/C23H33N3O3/c27-15-17-19-14-25-18(9-6-10-20(25)28)22(26(19)13-16-7-2-3-8-16)21(17)23(29)24-11-4-1-5-12-24/h6,9-10,16-17,19,21-22,27H,1-5,7-8,11-15H2/t17-,19-,21+,22+/m0/s1. The van der Waals surface area contributed by atoms with Gasteiger partial charge in [-0.05, 0) is 44.1 Å². The van der Waals surface area contributed by atoms with Crippen LogP contribution in [0.2, 0.25) is 0 Å². The van der Waals surface area contributed by atoms with Crippen LogP contribution in [0.3, 0.4) is 0 Å². The van der Waals surface area contributed by atoms with Crippen LogP contribution >= 0.6 is 0 Å². The zero-order valence-corrected chi connectivity index (χ0v) is 17.2. The van der Waals surface area contributed by atoms with Gasteiger partial charge in [0.05, 0.1) is 12.0 Å². The Hall–Kier alpha value is -1.66. The molecular weight excluding hydrogens is 366 g/mol. The highest BCUT2D eigenvalue weighted by atomic mass is 16.3. The van der Waals surface area contributed by atoms with Crippen molar-refractivity contribution < 1.29 is 9.90 Å². The average Bonchev–Trinajstić information content (AvgIpc) is 3.32. The van der Waals surface area contributed by atoms with Crippen LogP contribution < -0.4 is 5.56 Å². The minimum atomic E-state index is -0.250. The zero-order valence-electron chi connectivity index (χ0n) is 17.2. The second kappa shape index (κ2) is 7.88. The fourth-order valence-electron chi connectivity index (χ4n) is 6.52. The minimum absolute atomic E-state index is 0.00925. The molecule has 0 radical (unpaired) electrons. The van der Waals surface area contributed by atoms with Gasteiger partial charge in [-0.15, -0.1) is 0 Å². The molecule has 5 rings (SSSR count). The number of piperidine rings is 1. The van der Waals surface area contributed by atoms with E-state index < -0.39 is 0 Å². The SMILES string of the molecule is O=C([C@@H]1[C@@H](CO)[C@@H]2Cn3c(cccc3=O)[C@H]1N2CC1CCCC1)N1CCCCC1. The molecule has 29 heavy (non-hydrogen) atoms. The molecule has 1 aliphatic carbocycles. The van der Waals surface area contributed by atoms with Gasteiger partial charge in [-0.25, -0.2) is 0 Å². The summed E-state index contributed by atoms with van der Waals surface area (Å²) >= 11 is 0. The molecule has 2 bridgehead atoms. The molecule has 6 heteroatoms. The normalized spacial score (nSPS) is 32.5. The minimum Gasteiger partial charge on any atom is -0.396 e. The Labute approximate surface area is 172 Å². The molecule has 1 aromatic heterocycles. The molecule has 0 aromatic carbocycles. The van der Waals surface area contributed by atoms with Crippen LogP contribution in [-0.2, 0) is 11.3 Å². The van der Waals surface area contributed by atoms with Gasteiger partial charge in [-0.2, -0.15) is 0 Å². The van der Waals surface area contributed by atoms with Gasteiger partial charge in [0.25, 0.3) is 5.56 Å². The first-order valence-electron chi connectivity index (χ1n) is 11.5. The summed E-state index contributed by atoms with van der Waals surface area (Å²) < 4.78 is 1.87. The predicted molar refractivity (Wildman–Crippen MR) is 110 cm³/mol. The smallest absolute Gasteiger partial charge is 0.250 e. The molecule has 0 spiro atoms. The maximum Gasteiger partial charge on any atom is 0.250 e. The van der Waals surface area contributed by atoms with Crippen LogP contribution in [0.15, 0.2) is 23.0 Å². The number of rotatable bonds is 4. The van der Waals surface area contributed by atoms with E-state index in [-0.39, 0.29) is 42.0 Å². The van der Waals surface area contributed by atoms with E-state index in [2.05, 4.69) is 4.90 Å². The number of aliphatic hydroxyl groups excluding tert-OH is 1. The molecule has 1 N–H and O–H groups in total. The van der Waals surface area contributed by atoms with Crippen molar-refractivity contribution in [1.82, 2.24) is 14.4 Å². The Kier molecular flexibility index (Phi) is 5.25. The Balaban J connectivity index is 1.54. The number of aliphatic hydroxyl groups is 1. The molecule has 2 saturated heterocycles. The Morgan fingerprint density at radius 2 is 1.83 bits per heavy atom. The predicted octanol–water partition coefficient (Wildman–Crippen LogP) is 2.01. The highest BCUT2D eigenvalue weighted by Gasteiger charge is 2.56. The first kappa shape index (κ1) is 19.3. The molecule has 3 fully saturated rings.